The van der Waals surface area contributed by atoms with Gasteiger partial charge in [0, 0.05) is 17.7 Å². The van der Waals surface area contributed by atoms with Crippen molar-refractivity contribution < 1.29 is 9.90 Å². The molecule has 0 atom stereocenters. The summed E-state index contributed by atoms with van der Waals surface area (Å²) >= 11 is 0. The third-order valence-corrected chi connectivity index (χ3v) is 3.15. The maximum absolute atomic E-state index is 11.5. The molecule has 1 N–H and O–H groups in total. The number of carboxylic acid groups (broad SMARTS) is 1. The Kier molecular flexibility index (Phi) is 3.54. The zero-order valence-electron chi connectivity index (χ0n) is 12.6. The molecule has 20 heavy (non-hydrogen) atoms. The highest BCUT2D eigenvalue weighted by molar-refractivity contribution is 6.01. The van der Waals surface area contributed by atoms with Crippen LogP contribution in [0.25, 0.3) is 11.0 Å². The van der Waals surface area contributed by atoms with Crippen molar-refractivity contribution >= 4 is 17.0 Å². The number of carbonyl (C=O) groups is 1. The third kappa shape index (κ3) is 2.66. The van der Waals surface area contributed by atoms with Crippen molar-refractivity contribution in [1.29, 1.82) is 0 Å². The predicted molar refractivity (Wildman–Crippen MR) is 78.0 cm³/mol. The van der Waals surface area contributed by atoms with Crippen molar-refractivity contribution in [3.05, 3.63) is 23.5 Å². The van der Waals surface area contributed by atoms with Gasteiger partial charge in [0.15, 0.2) is 5.65 Å². The van der Waals surface area contributed by atoms with E-state index in [2.05, 4.69) is 23.9 Å². The summed E-state index contributed by atoms with van der Waals surface area (Å²) in [7, 11) is 0. The van der Waals surface area contributed by atoms with Crippen LogP contribution in [0.1, 0.15) is 50.7 Å². The molecule has 5 nitrogen and oxygen atoms in total. The first-order valence-corrected chi connectivity index (χ1v) is 6.80. The van der Waals surface area contributed by atoms with Gasteiger partial charge >= 0.3 is 5.97 Å². The van der Waals surface area contributed by atoms with Gasteiger partial charge in [0.2, 0.25) is 0 Å². The van der Waals surface area contributed by atoms with Gasteiger partial charge in [0.05, 0.1) is 17.1 Å². The Hall–Kier alpha value is -1.91. The van der Waals surface area contributed by atoms with Crippen LogP contribution in [0.2, 0.25) is 0 Å². The van der Waals surface area contributed by atoms with E-state index in [-0.39, 0.29) is 11.0 Å². The van der Waals surface area contributed by atoms with E-state index in [1.165, 1.54) is 0 Å². The number of carboxylic acids is 1. The topological polar surface area (TPSA) is 68.0 Å². The van der Waals surface area contributed by atoms with E-state index in [0.29, 0.717) is 17.0 Å². The molecule has 2 aromatic heterocycles. The number of rotatable bonds is 3. The SMILES string of the molecule is CC(C)Cn1ncc2c(C(=O)O)cc(C(C)(C)C)nc21. The number of pyridine rings is 1. The Morgan fingerprint density at radius 1 is 1.40 bits per heavy atom. The molecule has 0 saturated carbocycles. The summed E-state index contributed by atoms with van der Waals surface area (Å²) < 4.78 is 1.79. The minimum absolute atomic E-state index is 0.203. The van der Waals surface area contributed by atoms with Gasteiger partial charge < -0.3 is 5.11 Å². The molecule has 2 aromatic rings. The smallest absolute Gasteiger partial charge is 0.336 e. The Bertz CT molecular complexity index is 651. The number of fused-ring (bicyclic) bond motifs is 1. The minimum atomic E-state index is -0.938. The van der Waals surface area contributed by atoms with Gasteiger partial charge in [-0.3, -0.25) is 0 Å². The van der Waals surface area contributed by atoms with Gasteiger partial charge in [-0.15, -0.1) is 0 Å². The van der Waals surface area contributed by atoms with Gasteiger partial charge in [-0.05, 0) is 12.0 Å². The Morgan fingerprint density at radius 3 is 2.55 bits per heavy atom. The molecule has 108 valence electrons. The Balaban J connectivity index is 2.72. The van der Waals surface area contributed by atoms with E-state index in [9.17, 15) is 9.90 Å². The van der Waals surface area contributed by atoms with Crippen LogP contribution in [0.4, 0.5) is 0 Å². The summed E-state index contributed by atoms with van der Waals surface area (Å²) in [5, 5.41) is 14.3. The average Bonchev–Trinajstić information content (AvgIpc) is 2.69. The van der Waals surface area contributed by atoms with Gasteiger partial charge in [-0.25, -0.2) is 14.5 Å². The van der Waals surface area contributed by atoms with Crippen molar-refractivity contribution in [3.8, 4) is 0 Å². The van der Waals surface area contributed by atoms with Crippen molar-refractivity contribution in [3.63, 3.8) is 0 Å². The number of aromatic nitrogens is 3. The molecule has 0 radical (unpaired) electrons. The molecular weight excluding hydrogens is 254 g/mol. The third-order valence-electron chi connectivity index (χ3n) is 3.15. The van der Waals surface area contributed by atoms with Crippen molar-refractivity contribution in [2.75, 3.05) is 0 Å². The molecule has 0 aliphatic heterocycles. The zero-order chi connectivity index (χ0) is 15.1. The van der Waals surface area contributed by atoms with E-state index in [1.807, 2.05) is 20.8 Å². The van der Waals surface area contributed by atoms with Crippen LogP contribution in [0.3, 0.4) is 0 Å². The lowest BCUT2D eigenvalue weighted by Gasteiger charge is -2.18. The average molecular weight is 275 g/mol. The monoisotopic (exact) mass is 275 g/mol. The molecule has 0 bridgehead atoms. The maximum atomic E-state index is 11.5. The fraction of sp³-hybridized carbons (Fsp3) is 0.533. The van der Waals surface area contributed by atoms with Gasteiger partial charge in [-0.1, -0.05) is 34.6 Å². The lowest BCUT2D eigenvalue weighted by molar-refractivity contribution is 0.0699. The summed E-state index contributed by atoms with van der Waals surface area (Å²) in [6.45, 7) is 11.0. The molecule has 0 aliphatic carbocycles. The van der Waals surface area contributed by atoms with E-state index in [1.54, 1.807) is 16.9 Å². The molecular formula is C15H21N3O2. The van der Waals surface area contributed by atoms with Gasteiger partial charge in [-0.2, -0.15) is 5.10 Å². The number of nitrogens with zero attached hydrogens (tertiary/aromatic N) is 3. The fourth-order valence-electron chi connectivity index (χ4n) is 2.09. The molecule has 0 aliphatic rings. The van der Waals surface area contributed by atoms with Crippen LogP contribution >= 0.6 is 0 Å². The zero-order valence-corrected chi connectivity index (χ0v) is 12.6. The molecule has 0 fully saturated rings. The quantitative estimate of drug-likeness (QED) is 0.934. The maximum Gasteiger partial charge on any atom is 0.336 e. The second-order valence-electron chi connectivity index (χ2n) is 6.57. The first-order valence-electron chi connectivity index (χ1n) is 6.80. The fourth-order valence-corrected chi connectivity index (χ4v) is 2.09. The summed E-state index contributed by atoms with van der Waals surface area (Å²) in [4.78, 5) is 16.1. The largest absolute Gasteiger partial charge is 0.478 e. The second kappa shape index (κ2) is 4.89. The molecule has 0 spiro atoms. The molecule has 0 saturated heterocycles. The van der Waals surface area contributed by atoms with Crippen LogP contribution in [0, 0.1) is 5.92 Å². The molecule has 0 unspecified atom stereocenters. The number of hydrogen-bond donors (Lipinski definition) is 1. The highest BCUT2D eigenvalue weighted by Gasteiger charge is 2.22. The molecule has 2 heterocycles. The van der Waals surface area contributed by atoms with Crippen LogP contribution in [0.15, 0.2) is 12.3 Å². The Labute approximate surface area is 118 Å². The first-order chi connectivity index (χ1) is 9.20. The van der Waals surface area contributed by atoms with Crippen LogP contribution in [-0.4, -0.2) is 25.8 Å². The molecule has 0 amide bonds. The van der Waals surface area contributed by atoms with Crippen LogP contribution in [0.5, 0.6) is 0 Å². The normalized spacial score (nSPS) is 12.3. The van der Waals surface area contributed by atoms with E-state index in [0.717, 1.165) is 12.2 Å². The standard InChI is InChI=1S/C15H21N3O2/c1-9(2)8-18-13-11(7-16-18)10(14(19)20)6-12(17-13)15(3,4)5/h6-7,9H,8H2,1-5H3,(H,19,20). The van der Waals surface area contributed by atoms with Crippen LogP contribution < -0.4 is 0 Å². The summed E-state index contributed by atoms with van der Waals surface area (Å²) in [6.07, 6.45) is 1.60. The second-order valence-corrected chi connectivity index (χ2v) is 6.57. The lowest BCUT2D eigenvalue weighted by Crippen LogP contribution is -2.16. The Morgan fingerprint density at radius 2 is 2.05 bits per heavy atom. The summed E-state index contributed by atoms with van der Waals surface area (Å²) in [5.74, 6) is -0.515. The first kappa shape index (κ1) is 14.5. The van der Waals surface area contributed by atoms with Crippen molar-refractivity contribution in [2.24, 2.45) is 5.92 Å². The van der Waals surface area contributed by atoms with Gasteiger partial charge in [0.1, 0.15) is 0 Å². The predicted octanol–water partition coefficient (Wildman–Crippen LogP) is 3.08. The summed E-state index contributed by atoms with van der Waals surface area (Å²) in [5.41, 5.74) is 1.50. The molecule has 0 aromatic carbocycles. The van der Waals surface area contributed by atoms with Crippen molar-refractivity contribution in [2.45, 2.75) is 46.6 Å². The van der Waals surface area contributed by atoms with E-state index < -0.39 is 5.97 Å². The summed E-state index contributed by atoms with van der Waals surface area (Å²) in [6, 6.07) is 1.66. The highest BCUT2D eigenvalue weighted by Crippen LogP contribution is 2.26. The van der Waals surface area contributed by atoms with E-state index in [4.69, 9.17) is 0 Å². The van der Waals surface area contributed by atoms with Crippen LogP contribution in [-0.2, 0) is 12.0 Å². The molecule has 2 rings (SSSR count). The highest BCUT2D eigenvalue weighted by atomic mass is 16.4. The lowest BCUT2D eigenvalue weighted by atomic mass is 9.90. The number of hydrogen-bond acceptors (Lipinski definition) is 3. The van der Waals surface area contributed by atoms with Gasteiger partial charge in [0.25, 0.3) is 0 Å². The minimum Gasteiger partial charge on any atom is -0.478 e. The molecule has 5 heteroatoms. The van der Waals surface area contributed by atoms with Crippen molar-refractivity contribution in [1.82, 2.24) is 14.8 Å². The number of aromatic carboxylic acids is 1. The van der Waals surface area contributed by atoms with E-state index >= 15 is 0 Å².